The first kappa shape index (κ1) is 14.1. The van der Waals surface area contributed by atoms with Crippen molar-refractivity contribution >= 4 is 35.0 Å². The Hall–Kier alpha value is -1.27. The molecule has 4 nitrogen and oxygen atoms in total. The van der Waals surface area contributed by atoms with E-state index in [1.807, 2.05) is 17.8 Å². The predicted molar refractivity (Wildman–Crippen MR) is 77.9 cm³/mol. The molecular weight excluding hydrogens is 282 g/mol. The van der Waals surface area contributed by atoms with E-state index < -0.39 is 5.97 Å². The summed E-state index contributed by atoms with van der Waals surface area (Å²) in [4.78, 5) is 26.3. The van der Waals surface area contributed by atoms with E-state index in [0.717, 1.165) is 17.9 Å². The SMILES string of the molecule is C=CCN(CC(=O)O)C(=O)c1cc2c(s1)CCSC2. The largest absolute Gasteiger partial charge is 0.480 e. The number of hydrogen-bond donors (Lipinski definition) is 1. The molecule has 0 spiro atoms. The van der Waals surface area contributed by atoms with Crippen LogP contribution in [-0.4, -0.2) is 40.7 Å². The molecule has 0 aromatic carbocycles. The van der Waals surface area contributed by atoms with E-state index in [1.165, 1.54) is 26.7 Å². The Bertz CT molecular complexity index is 486. The molecule has 0 unspecified atom stereocenters. The van der Waals surface area contributed by atoms with Crippen molar-refractivity contribution in [2.24, 2.45) is 0 Å². The zero-order valence-electron chi connectivity index (χ0n) is 10.4. The molecule has 0 aliphatic carbocycles. The molecule has 2 rings (SSSR count). The molecule has 0 bridgehead atoms. The average Bonchev–Trinajstić information content (AvgIpc) is 2.80. The van der Waals surface area contributed by atoms with E-state index in [-0.39, 0.29) is 19.0 Å². The van der Waals surface area contributed by atoms with Gasteiger partial charge in [-0.2, -0.15) is 11.8 Å². The molecular formula is C13H15NO3S2. The summed E-state index contributed by atoms with van der Waals surface area (Å²) >= 11 is 3.36. The van der Waals surface area contributed by atoms with Gasteiger partial charge in [0.1, 0.15) is 6.54 Å². The molecule has 2 heterocycles. The minimum absolute atomic E-state index is 0.216. The van der Waals surface area contributed by atoms with E-state index in [1.54, 1.807) is 6.08 Å². The molecule has 0 saturated heterocycles. The van der Waals surface area contributed by atoms with Crippen molar-refractivity contribution in [2.45, 2.75) is 12.2 Å². The van der Waals surface area contributed by atoms with Crippen LogP contribution in [0.15, 0.2) is 18.7 Å². The van der Waals surface area contributed by atoms with Gasteiger partial charge >= 0.3 is 5.97 Å². The number of aliphatic carboxylic acids is 1. The van der Waals surface area contributed by atoms with Gasteiger partial charge in [0.15, 0.2) is 0 Å². The fraction of sp³-hybridized carbons (Fsp3) is 0.385. The molecule has 1 aromatic rings. The van der Waals surface area contributed by atoms with Crippen LogP contribution in [0.25, 0.3) is 0 Å². The second-order valence-corrected chi connectivity index (χ2v) is 6.47. The maximum absolute atomic E-state index is 12.3. The smallest absolute Gasteiger partial charge is 0.323 e. The molecule has 0 fully saturated rings. The van der Waals surface area contributed by atoms with Crippen molar-refractivity contribution in [1.29, 1.82) is 0 Å². The van der Waals surface area contributed by atoms with Crippen LogP contribution in [0, 0.1) is 0 Å². The number of carbonyl (C=O) groups is 2. The summed E-state index contributed by atoms with van der Waals surface area (Å²) < 4.78 is 0. The van der Waals surface area contributed by atoms with Crippen molar-refractivity contribution in [3.8, 4) is 0 Å². The molecule has 102 valence electrons. The summed E-state index contributed by atoms with van der Waals surface area (Å²) in [6, 6.07) is 1.91. The van der Waals surface area contributed by atoms with E-state index >= 15 is 0 Å². The van der Waals surface area contributed by atoms with E-state index in [9.17, 15) is 9.59 Å². The molecule has 0 radical (unpaired) electrons. The molecule has 0 saturated carbocycles. The third kappa shape index (κ3) is 3.39. The summed E-state index contributed by atoms with van der Waals surface area (Å²) in [6.07, 6.45) is 2.54. The summed E-state index contributed by atoms with van der Waals surface area (Å²) in [6.45, 7) is 3.53. The Morgan fingerprint density at radius 3 is 2.95 bits per heavy atom. The maximum Gasteiger partial charge on any atom is 0.323 e. The van der Waals surface area contributed by atoms with E-state index in [2.05, 4.69) is 6.58 Å². The van der Waals surface area contributed by atoms with E-state index in [0.29, 0.717) is 4.88 Å². The Labute approximate surface area is 120 Å². The van der Waals surface area contributed by atoms with Crippen LogP contribution < -0.4 is 0 Å². The Morgan fingerprint density at radius 2 is 2.32 bits per heavy atom. The van der Waals surface area contributed by atoms with Crippen LogP contribution in [0.5, 0.6) is 0 Å². The third-order valence-electron chi connectivity index (χ3n) is 2.80. The number of thioether (sulfide) groups is 1. The maximum atomic E-state index is 12.3. The highest BCUT2D eigenvalue weighted by atomic mass is 32.2. The van der Waals surface area contributed by atoms with Crippen molar-refractivity contribution in [1.82, 2.24) is 4.90 Å². The van der Waals surface area contributed by atoms with Gasteiger partial charge in [-0.1, -0.05) is 6.08 Å². The highest BCUT2D eigenvalue weighted by Gasteiger charge is 2.22. The quantitative estimate of drug-likeness (QED) is 0.847. The van der Waals surface area contributed by atoms with Gasteiger partial charge in [0.2, 0.25) is 0 Å². The molecule has 1 aliphatic heterocycles. The zero-order chi connectivity index (χ0) is 13.8. The predicted octanol–water partition coefficient (Wildman–Crippen LogP) is 2.25. The first-order valence-electron chi connectivity index (χ1n) is 5.93. The van der Waals surface area contributed by atoms with Gasteiger partial charge in [0.05, 0.1) is 4.88 Å². The topological polar surface area (TPSA) is 57.6 Å². The standard InChI is InChI=1S/C13H15NO3S2/c1-2-4-14(7-12(15)16)13(17)11-6-9-8-18-5-3-10(9)19-11/h2,6H,1,3-5,7-8H2,(H,15,16). The number of fused-ring (bicyclic) bond motifs is 1. The number of hydrogen-bond acceptors (Lipinski definition) is 4. The number of nitrogens with zero attached hydrogens (tertiary/aromatic N) is 1. The number of amides is 1. The van der Waals surface area contributed by atoms with Gasteiger partial charge in [-0.15, -0.1) is 17.9 Å². The lowest BCUT2D eigenvalue weighted by atomic mass is 10.2. The Kier molecular flexibility index (Phi) is 4.66. The van der Waals surface area contributed by atoms with Crippen LogP contribution in [-0.2, 0) is 17.0 Å². The van der Waals surface area contributed by atoms with Crippen molar-refractivity contribution < 1.29 is 14.7 Å². The first-order valence-corrected chi connectivity index (χ1v) is 7.90. The first-order chi connectivity index (χ1) is 9.11. The normalized spacial score (nSPS) is 13.7. The van der Waals surface area contributed by atoms with Crippen LogP contribution in [0.4, 0.5) is 0 Å². The second kappa shape index (κ2) is 6.25. The number of carboxylic acids is 1. The van der Waals surface area contributed by atoms with Gasteiger partial charge in [-0.05, 0) is 23.8 Å². The number of rotatable bonds is 5. The van der Waals surface area contributed by atoms with Crippen LogP contribution in [0.1, 0.15) is 20.1 Å². The zero-order valence-corrected chi connectivity index (χ0v) is 12.1. The monoisotopic (exact) mass is 297 g/mol. The Balaban J connectivity index is 2.18. The summed E-state index contributed by atoms with van der Waals surface area (Å²) in [5.74, 6) is 0.811. The van der Waals surface area contributed by atoms with Crippen molar-refractivity contribution in [3.63, 3.8) is 0 Å². The minimum atomic E-state index is -1.01. The van der Waals surface area contributed by atoms with Crippen LogP contribution in [0.2, 0.25) is 0 Å². The minimum Gasteiger partial charge on any atom is -0.480 e. The molecule has 19 heavy (non-hydrogen) atoms. The van der Waals surface area contributed by atoms with Gasteiger partial charge in [-0.3, -0.25) is 9.59 Å². The summed E-state index contributed by atoms with van der Waals surface area (Å²) in [7, 11) is 0. The lowest BCUT2D eigenvalue weighted by molar-refractivity contribution is -0.137. The van der Waals surface area contributed by atoms with Crippen LogP contribution >= 0.6 is 23.1 Å². The fourth-order valence-corrected chi connectivity index (χ4v) is 4.29. The van der Waals surface area contributed by atoms with Gasteiger partial charge in [0, 0.05) is 17.2 Å². The Morgan fingerprint density at radius 1 is 1.53 bits per heavy atom. The second-order valence-electron chi connectivity index (χ2n) is 4.23. The molecule has 0 atom stereocenters. The average molecular weight is 297 g/mol. The molecule has 1 amide bonds. The van der Waals surface area contributed by atoms with E-state index in [4.69, 9.17) is 5.11 Å². The molecule has 1 aromatic heterocycles. The highest BCUT2D eigenvalue weighted by Crippen LogP contribution is 2.32. The lowest BCUT2D eigenvalue weighted by Crippen LogP contribution is -2.35. The number of carboxylic acid groups (broad SMARTS) is 1. The van der Waals surface area contributed by atoms with Gasteiger partial charge in [-0.25, -0.2) is 0 Å². The van der Waals surface area contributed by atoms with Crippen molar-refractivity contribution in [2.75, 3.05) is 18.8 Å². The molecule has 1 N–H and O–H groups in total. The molecule has 1 aliphatic rings. The highest BCUT2D eigenvalue weighted by molar-refractivity contribution is 7.98. The number of aryl methyl sites for hydroxylation is 1. The fourth-order valence-electron chi connectivity index (χ4n) is 1.95. The van der Waals surface area contributed by atoms with Crippen LogP contribution in [0.3, 0.4) is 0 Å². The third-order valence-corrected chi connectivity index (χ3v) is 5.03. The lowest BCUT2D eigenvalue weighted by Gasteiger charge is -2.17. The van der Waals surface area contributed by atoms with Crippen molar-refractivity contribution in [3.05, 3.63) is 34.0 Å². The van der Waals surface area contributed by atoms with Gasteiger partial charge < -0.3 is 10.0 Å². The molecule has 6 heteroatoms. The van der Waals surface area contributed by atoms with Gasteiger partial charge in [0.25, 0.3) is 5.91 Å². The number of thiophene rings is 1. The summed E-state index contributed by atoms with van der Waals surface area (Å²) in [5, 5.41) is 8.84. The summed E-state index contributed by atoms with van der Waals surface area (Å²) in [5.41, 5.74) is 1.22. The number of carbonyl (C=O) groups excluding carboxylic acids is 1.